The first-order chi connectivity index (χ1) is 16.3. The highest BCUT2D eigenvalue weighted by Crippen LogP contribution is 2.49. The van der Waals surface area contributed by atoms with Crippen molar-refractivity contribution in [3.8, 4) is 12.1 Å². The summed E-state index contributed by atoms with van der Waals surface area (Å²) in [4.78, 5) is 40.4. The molecule has 0 radical (unpaired) electrons. The number of Topliss-reactive ketones (excluding diaryl/α,β-unsaturated/α-hetero) is 1. The molecule has 2 aromatic rings. The molecule has 1 atom stereocenters. The Kier molecular flexibility index (Phi) is 6.98. The second kappa shape index (κ2) is 9.72. The molecule has 1 aliphatic carbocycles. The van der Waals surface area contributed by atoms with Crippen molar-refractivity contribution in [3.63, 3.8) is 0 Å². The summed E-state index contributed by atoms with van der Waals surface area (Å²) in [6.07, 6.45) is -0.212. The van der Waals surface area contributed by atoms with Crippen molar-refractivity contribution in [2.24, 2.45) is 11.3 Å². The van der Waals surface area contributed by atoms with E-state index in [1.54, 1.807) is 81.4 Å². The summed E-state index contributed by atoms with van der Waals surface area (Å²) in [5.41, 5.74) is -3.27. The van der Waals surface area contributed by atoms with Crippen LogP contribution in [0, 0.1) is 34.0 Å². The number of ketones is 1. The van der Waals surface area contributed by atoms with Gasteiger partial charge in [-0.3, -0.25) is 9.59 Å². The third kappa shape index (κ3) is 3.97. The van der Waals surface area contributed by atoms with E-state index in [-0.39, 0.29) is 24.2 Å². The van der Waals surface area contributed by atoms with E-state index in [0.29, 0.717) is 11.1 Å². The summed E-state index contributed by atoms with van der Waals surface area (Å²) < 4.78 is 5.27. The number of nitrogens with zero attached hydrogens (tertiary/aromatic N) is 2. The van der Waals surface area contributed by atoms with Crippen molar-refractivity contribution >= 4 is 23.2 Å². The van der Waals surface area contributed by atoms with Gasteiger partial charge in [0.25, 0.3) is 5.91 Å². The third-order valence-corrected chi connectivity index (χ3v) is 6.16. The minimum atomic E-state index is -2.32. The molecule has 7 heteroatoms. The van der Waals surface area contributed by atoms with E-state index in [9.17, 15) is 24.9 Å². The van der Waals surface area contributed by atoms with Gasteiger partial charge < -0.3 is 10.1 Å². The standard InChI is InChI=1S/C27H25N3O4/c1-4-34-24(32)21-15-27(18(2)3,30-23(31)20-13-9-6-10-14-20)25(33)26(16-28,17-29)22(21)19-11-7-5-8-12-19/h5-14,18H,4,15H2,1-3H3,(H,30,31)/t27-/m0/s1. The predicted octanol–water partition coefficient (Wildman–Crippen LogP) is 3.83. The Morgan fingerprint density at radius 2 is 1.59 bits per heavy atom. The van der Waals surface area contributed by atoms with Crippen molar-refractivity contribution in [1.82, 2.24) is 5.32 Å². The largest absolute Gasteiger partial charge is 0.463 e. The van der Waals surface area contributed by atoms with Crippen LogP contribution in [0.5, 0.6) is 0 Å². The highest BCUT2D eigenvalue weighted by atomic mass is 16.5. The normalized spacial score (nSPS) is 19.2. The number of allylic oxidation sites excluding steroid dienone is 1. The number of nitriles is 2. The van der Waals surface area contributed by atoms with Crippen LogP contribution in [-0.2, 0) is 14.3 Å². The van der Waals surface area contributed by atoms with E-state index in [1.165, 1.54) is 0 Å². The molecule has 2 aromatic carbocycles. The summed E-state index contributed by atoms with van der Waals surface area (Å²) in [6.45, 7) is 5.12. The van der Waals surface area contributed by atoms with E-state index in [1.807, 2.05) is 12.1 Å². The summed E-state index contributed by atoms with van der Waals surface area (Å²) in [7, 11) is 0. The SMILES string of the molecule is CCOC(=O)C1=C(c2ccccc2)C(C#N)(C#N)C(=O)[C@@](NC(=O)c2ccccc2)(C(C)C)C1. The molecule has 0 heterocycles. The molecule has 0 bridgehead atoms. The first-order valence-corrected chi connectivity index (χ1v) is 11.0. The molecule has 1 N–H and O–H groups in total. The number of hydrogen-bond acceptors (Lipinski definition) is 6. The average molecular weight is 456 g/mol. The van der Waals surface area contributed by atoms with Gasteiger partial charge in [0, 0.05) is 23.1 Å². The van der Waals surface area contributed by atoms with Gasteiger partial charge in [-0.15, -0.1) is 0 Å². The van der Waals surface area contributed by atoms with Crippen LogP contribution in [0.3, 0.4) is 0 Å². The van der Waals surface area contributed by atoms with Crippen LogP contribution < -0.4 is 5.32 Å². The van der Waals surface area contributed by atoms with Crippen LogP contribution in [0.4, 0.5) is 0 Å². The second-order valence-corrected chi connectivity index (χ2v) is 8.37. The Balaban J connectivity index is 2.31. The molecule has 7 nitrogen and oxygen atoms in total. The van der Waals surface area contributed by atoms with Crippen LogP contribution in [0.2, 0.25) is 0 Å². The Morgan fingerprint density at radius 1 is 1.03 bits per heavy atom. The molecule has 0 saturated carbocycles. The Hall–Kier alpha value is -4.23. The minimum Gasteiger partial charge on any atom is -0.463 e. The van der Waals surface area contributed by atoms with Gasteiger partial charge in [0.1, 0.15) is 5.54 Å². The van der Waals surface area contributed by atoms with Crippen molar-refractivity contribution in [2.45, 2.75) is 32.7 Å². The van der Waals surface area contributed by atoms with Gasteiger partial charge in [-0.05, 0) is 30.5 Å². The molecule has 0 fully saturated rings. The molecule has 0 saturated heterocycles. The smallest absolute Gasteiger partial charge is 0.334 e. The van der Waals surface area contributed by atoms with Gasteiger partial charge >= 0.3 is 5.97 Å². The Bertz CT molecular complexity index is 1210. The molecule has 34 heavy (non-hydrogen) atoms. The summed E-state index contributed by atoms with van der Waals surface area (Å²) >= 11 is 0. The fourth-order valence-electron chi connectivity index (χ4n) is 4.32. The summed E-state index contributed by atoms with van der Waals surface area (Å²) in [5, 5.41) is 23.3. The van der Waals surface area contributed by atoms with Gasteiger partial charge in [-0.1, -0.05) is 62.4 Å². The maximum atomic E-state index is 14.1. The van der Waals surface area contributed by atoms with E-state index in [2.05, 4.69) is 5.32 Å². The second-order valence-electron chi connectivity index (χ2n) is 8.37. The molecule has 172 valence electrons. The van der Waals surface area contributed by atoms with E-state index < -0.39 is 34.5 Å². The number of rotatable bonds is 6. The average Bonchev–Trinajstić information content (AvgIpc) is 2.86. The number of ether oxygens (including phenoxy) is 1. The Labute approximate surface area is 198 Å². The molecule has 3 rings (SSSR count). The first-order valence-electron chi connectivity index (χ1n) is 11.0. The van der Waals surface area contributed by atoms with Crippen LogP contribution in [0.1, 0.15) is 43.1 Å². The quantitative estimate of drug-likeness (QED) is 0.661. The van der Waals surface area contributed by atoms with Gasteiger partial charge in [0.15, 0.2) is 5.78 Å². The van der Waals surface area contributed by atoms with Crippen molar-refractivity contribution < 1.29 is 19.1 Å². The zero-order chi connectivity index (χ0) is 24.9. The van der Waals surface area contributed by atoms with E-state index in [0.717, 1.165) is 0 Å². The number of carbonyl (C=O) groups is 3. The zero-order valence-electron chi connectivity index (χ0n) is 19.3. The number of benzene rings is 2. The van der Waals surface area contributed by atoms with Gasteiger partial charge in [-0.25, -0.2) is 4.79 Å². The molecule has 1 aliphatic rings. The zero-order valence-corrected chi connectivity index (χ0v) is 19.3. The molecular weight excluding hydrogens is 430 g/mol. The monoisotopic (exact) mass is 455 g/mol. The fourth-order valence-corrected chi connectivity index (χ4v) is 4.32. The number of hydrogen-bond donors (Lipinski definition) is 1. The predicted molar refractivity (Wildman–Crippen MR) is 125 cm³/mol. The Morgan fingerprint density at radius 3 is 2.09 bits per heavy atom. The van der Waals surface area contributed by atoms with Gasteiger partial charge in [-0.2, -0.15) is 10.5 Å². The van der Waals surface area contributed by atoms with Crippen molar-refractivity contribution in [2.75, 3.05) is 6.61 Å². The first kappa shape index (κ1) is 24.4. The maximum Gasteiger partial charge on any atom is 0.334 e. The van der Waals surface area contributed by atoms with E-state index in [4.69, 9.17) is 4.74 Å². The third-order valence-electron chi connectivity index (χ3n) is 6.16. The minimum absolute atomic E-state index is 0.00628. The highest BCUT2D eigenvalue weighted by molar-refractivity contribution is 6.17. The lowest BCUT2D eigenvalue weighted by atomic mass is 9.58. The molecule has 0 spiro atoms. The maximum absolute atomic E-state index is 14.1. The fraction of sp³-hybridized carbons (Fsp3) is 0.296. The molecular formula is C27H25N3O4. The lowest BCUT2D eigenvalue weighted by Crippen LogP contribution is -2.65. The topological polar surface area (TPSA) is 120 Å². The van der Waals surface area contributed by atoms with Crippen molar-refractivity contribution in [1.29, 1.82) is 10.5 Å². The number of nitrogens with one attached hydrogen (secondary N) is 1. The van der Waals surface area contributed by atoms with Crippen LogP contribution in [0.15, 0.2) is 66.2 Å². The van der Waals surface area contributed by atoms with Crippen LogP contribution in [0.25, 0.3) is 5.57 Å². The molecule has 1 amide bonds. The number of amides is 1. The highest BCUT2D eigenvalue weighted by Gasteiger charge is 2.61. The molecule has 0 aromatic heterocycles. The van der Waals surface area contributed by atoms with Gasteiger partial charge in [0.2, 0.25) is 5.41 Å². The number of carbonyl (C=O) groups excluding carboxylic acids is 3. The van der Waals surface area contributed by atoms with Crippen LogP contribution >= 0.6 is 0 Å². The molecule has 0 aliphatic heterocycles. The van der Waals surface area contributed by atoms with E-state index >= 15 is 0 Å². The van der Waals surface area contributed by atoms with Crippen molar-refractivity contribution in [3.05, 3.63) is 77.4 Å². The summed E-state index contributed by atoms with van der Waals surface area (Å²) in [6, 6.07) is 20.5. The summed E-state index contributed by atoms with van der Waals surface area (Å²) in [5.74, 6) is -2.59. The lowest BCUT2D eigenvalue weighted by molar-refractivity contribution is -0.139. The van der Waals surface area contributed by atoms with Crippen LogP contribution in [-0.4, -0.2) is 29.8 Å². The lowest BCUT2D eigenvalue weighted by Gasteiger charge is -2.45. The molecule has 0 unspecified atom stereocenters. The van der Waals surface area contributed by atoms with Gasteiger partial charge in [0.05, 0.1) is 18.7 Å². The number of esters is 1.